The van der Waals surface area contributed by atoms with Crippen LogP contribution in [0.4, 0.5) is 11.5 Å². The molecule has 5 nitrogen and oxygen atoms in total. The van der Waals surface area contributed by atoms with Crippen LogP contribution in [-0.4, -0.2) is 42.4 Å². The number of rotatable bonds is 5. The number of thiocarbonyl (C=S) groups is 1. The first-order valence-electron chi connectivity index (χ1n) is 11.1. The average Bonchev–Trinajstić information content (AvgIpc) is 2.80. The highest BCUT2D eigenvalue weighted by atomic mass is 32.1. The van der Waals surface area contributed by atoms with E-state index in [1.165, 1.54) is 24.8 Å². The van der Waals surface area contributed by atoms with Gasteiger partial charge in [-0.3, -0.25) is 0 Å². The van der Waals surface area contributed by atoms with Crippen molar-refractivity contribution in [1.82, 2.24) is 10.3 Å². The lowest BCUT2D eigenvalue weighted by atomic mass is 9.74. The molecule has 1 unspecified atom stereocenters. The molecule has 0 spiro atoms. The second-order valence-corrected chi connectivity index (χ2v) is 8.92. The van der Waals surface area contributed by atoms with Gasteiger partial charge in [0.15, 0.2) is 5.11 Å². The highest BCUT2D eigenvalue weighted by molar-refractivity contribution is 7.80. The Balaban J connectivity index is 1.36. The Bertz CT molecular complexity index is 821. The van der Waals surface area contributed by atoms with Crippen LogP contribution >= 0.6 is 12.2 Å². The molecule has 0 bridgehead atoms. The Morgan fingerprint density at radius 1 is 1.17 bits per heavy atom. The first-order valence-corrected chi connectivity index (χ1v) is 11.5. The smallest absolute Gasteiger partial charge is 0.170 e. The van der Waals surface area contributed by atoms with Gasteiger partial charge < -0.3 is 20.3 Å². The van der Waals surface area contributed by atoms with Crippen LogP contribution in [0.5, 0.6) is 0 Å². The molecule has 2 aromatic rings. The van der Waals surface area contributed by atoms with Crippen LogP contribution in [0, 0.1) is 0 Å². The SMILES string of the molecule is CC1CCCCN1c1ccc(NC(=S)NCC2(c3ccccc3)CCOCC2)cn1. The molecule has 2 aliphatic rings. The summed E-state index contributed by atoms with van der Waals surface area (Å²) < 4.78 is 5.63. The Morgan fingerprint density at radius 2 is 1.97 bits per heavy atom. The number of ether oxygens (including phenoxy) is 1. The van der Waals surface area contributed by atoms with Crippen molar-refractivity contribution in [2.45, 2.75) is 50.5 Å². The Morgan fingerprint density at radius 3 is 2.67 bits per heavy atom. The van der Waals surface area contributed by atoms with Gasteiger partial charge >= 0.3 is 0 Å². The molecule has 3 heterocycles. The fourth-order valence-electron chi connectivity index (χ4n) is 4.61. The van der Waals surface area contributed by atoms with Crippen LogP contribution in [0.2, 0.25) is 0 Å². The van der Waals surface area contributed by atoms with Crippen molar-refractivity contribution in [3.63, 3.8) is 0 Å². The third-order valence-corrected chi connectivity index (χ3v) is 6.77. The van der Waals surface area contributed by atoms with E-state index in [4.69, 9.17) is 17.0 Å². The largest absolute Gasteiger partial charge is 0.381 e. The third-order valence-electron chi connectivity index (χ3n) is 6.53. The maximum atomic E-state index is 5.63. The van der Waals surface area contributed by atoms with Gasteiger partial charge in [0.05, 0.1) is 11.9 Å². The lowest BCUT2D eigenvalue weighted by Crippen LogP contribution is -2.45. The summed E-state index contributed by atoms with van der Waals surface area (Å²) >= 11 is 5.59. The first kappa shape index (κ1) is 21.1. The van der Waals surface area contributed by atoms with Gasteiger partial charge in [-0.05, 0) is 68.9 Å². The fourth-order valence-corrected chi connectivity index (χ4v) is 4.80. The van der Waals surface area contributed by atoms with Crippen LogP contribution in [0.3, 0.4) is 0 Å². The highest BCUT2D eigenvalue weighted by Crippen LogP contribution is 2.34. The minimum atomic E-state index is 0.0533. The molecule has 2 fully saturated rings. The van der Waals surface area contributed by atoms with Crippen molar-refractivity contribution in [2.75, 3.05) is 36.5 Å². The molecular formula is C24H32N4OS. The predicted molar refractivity (Wildman–Crippen MR) is 127 cm³/mol. The maximum absolute atomic E-state index is 5.63. The minimum absolute atomic E-state index is 0.0533. The molecule has 0 radical (unpaired) electrons. The van der Waals surface area contributed by atoms with Crippen molar-refractivity contribution in [3.05, 3.63) is 54.2 Å². The van der Waals surface area contributed by atoms with Crippen LogP contribution in [0.1, 0.15) is 44.6 Å². The van der Waals surface area contributed by atoms with E-state index in [9.17, 15) is 0 Å². The summed E-state index contributed by atoms with van der Waals surface area (Å²) in [6.07, 6.45) is 7.67. The summed E-state index contributed by atoms with van der Waals surface area (Å²) in [6.45, 7) is 5.74. The topological polar surface area (TPSA) is 49.4 Å². The molecule has 1 atom stereocenters. The van der Waals surface area contributed by atoms with Gasteiger partial charge in [-0.1, -0.05) is 30.3 Å². The highest BCUT2D eigenvalue weighted by Gasteiger charge is 2.34. The molecule has 0 amide bonds. The monoisotopic (exact) mass is 424 g/mol. The van der Waals surface area contributed by atoms with E-state index in [0.29, 0.717) is 11.2 Å². The van der Waals surface area contributed by atoms with E-state index in [1.54, 1.807) is 0 Å². The van der Waals surface area contributed by atoms with Gasteiger partial charge in [-0.2, -0.15) is 0 Å². The normalized spacial score (nSPS) is 21.1. The maximum Gasteiger partial charge on any atom is 0.170 e. The Hall–Kier alpha value is -2.18. The minimum Gasteiger partial charge on any atom is -0.381 e. The molecule has 6 heteroatoms. The standard InChI is InChI=1S/C24H32N4OS/c1-19-7-5-6-14-28(19)22-11-10-21(17-25-22)27-23(30)26-18-24(12-15-29-16-13-24)20-8-3-2-4-9-20/h2-4,8-11,17,19H,5-7,12-16,18H2,1H3,(H2,26,27,30). The zero-order valence-corrected chi connectivity index (χ0v) is 18.6. The van der Waals surface area contributed by atoms with Crippen molar-refractivity contribution in [1.29, 1.82) is 0 Å². The predicted octanol–water partition coefficient (Wildman–Crippen LogP) is 4.50. The van der Waals surface area contributed by atoms with Crippen LogP contribution in [-0.2, 0) is 10.2 Å². The zero-order valence-electron chi connectivity index (χ0n) is 17.8. The number of anilines is 2. The van der Waals surface area contributed by atoms with E-state index in [-0.39, 0.29) is 5.41 Å². The summed E-state index contributed by atoms with van der Waals surface area (Å²) in [6, 6.07) is 15.4. The summed E-state index contributed by atoms with van der Waals surface area (Å²) in [7, 11) is 0. The van der Waals surface area contributed by atoms with E-state index in [0.717, 1.165) is 50.7 Å². The number of hydrogen-bond acceptors (Lipinski definition) is 4. The Kier molecular flexibility index (Phi) is 6.85. The number of pyridine rings is 1. The number of benzene rings is 1. The summed E-state index contributed by atoms with van der Waals surface area (Å²) in [4.78, 5) is 7.08. The van der Waals surface area contributed by atoms with Gasteiger partial charge in [-0.15, -0.1) is 0 Å². The quantitative estimate of drug-likeness (QED) is 0.690. The van der Waals surface area contributed by atoms with Crippen molar-refractivity contribution < 1.29 is 4.74 Å². The number of hydrogen-bond donors (Lipinski definition) is 2. The van der Waals surface area contributed by atoms with Crippen LogP contribution in [0.15, 0.2) is 48.7 Å². The van der Waals surface area contributed by atoms with Gasteiger partial charge in [0.25, 0.3) is 0 Å². The summed E-state index contributed by atoms with van der Waals surface area (Å²) in [5, 5.41) is 7.39. The lowest BCUT2D eigenvalue weighted by Gasteiger charge is -2.38. The number of nitrogens with one attached hydrogen (secondary N) is 2. The zero-order chi connectivity index (χ0) is 20.8. The fraction of sp³-hybridized carbons (Fsp3) is 0.500. The second kappa shape index (κ2) is 9.75. The van der Waals surface area contributed by atoms with E-state index < -0.39 is 0 Å². The molecule has 160 valence electrons. The molecule has 2 N–H and O–H groups in total. The van der Waals surface area contributed by atoms with Crippen molar-refractivity contribution in [3.8, 4) is 0 Å². The second-order valence-electron chi connectivity index (χ2n) is 8.51. The van der Waals surface area contributed by atoms with Gasteiger partial charge in [0.2, 0.25) is 0 Å². The summed E-state index contributed by atoms with van der Waals surface area (Å²) in [5.74, 6) is 1.05. The molecule has 1 aromatic heterocycles. The molecular weight excluding hydrogens is 392 g/mol. The molecule has 0 saturated carbocycles. The molecule has 2 saturated heterocycles. The Labute approximate surface area is 185 Å². The molecule has 2 aliphatic heterocycles. The van der Waals surface area contributed by atoms with Crippen molar-refractivity contribution in [2.24, 2.45) is 0 Å². The van der Waals surface area contributed by atoms with Gasteiger partial charge in [-0.25, -0.2) is 4.98 Å². The lowest BCUT2D eigenvalue weighted by molar-refractivity contribution is 0.0515. The average molecular weight is 425 g/mol. The number of nitrogens with zero attached hydrogens (tertiary/aromatic N) is 2. The molecule has 30 heavy (non-hydrogen) atoms. The van der Waals surface area contributed by atoms with E-state index in [1.807, 2.05) is 6.20 Å². The summed E-state index contributed by atoms with van der Waals surface area (Å²) in [5.41, 5.74) is 2.32. The van der Waals surface area contributed by atoms with Gasteiger partial charge in [0.1, 0.15) is 5.82 Å². The van der Waals surface area contributed by atoms with Crippen LogP contribution in [0.25, 0.3) is 0 Å². The third kappa shape index (κ3) is 4.93. The number of aromatic nitrogens is 1. The number of piperidine rings is 1. The van der Waals surface area contributed by atoms with E-state index in [2.05, 4.69) is 69.9 Å². The molecule has 1 aromatic carbocycles. The molecule has 4 rings (SSSR count). The first-order chi connectivity index (χ1) is 14.7. The van der Waals surface area contributed by atoms with Gasteiger partial charge in [0, 0.05) is 37.8 Å². The van der Waals surface area contributed by atoms with E-state index >= 15 is 0 Å². The van der Waals surface area contributed by atoms with Crippen LogP contribution < -0.4 is 15.5 Å². The van der Waals surface area contributed by atoms with Crippen molar-refractivity contribution >= 4 is 28.8 Å². The molecule has 0 aliphatic carbocycles.